The van der Waals surface area contributed by atoms with Gasteiger partial charge in [0.25, 0.3) is 0 Å². The highest BCUT2D eigenvalue weighted by Gasteiger charge is 2.36. The largest absolute Gasteiger partial charge is 0.444 e. The molecule has 0 bridgehead atoms. The number of likely N-dealkylation sites (tertiary alicyclic amines) is 1. The molecule has 1 N–H and O–H groups in total. The van der Waals surface area contributed by atoms with Gasteiger partial charge in [0.2, 0.25) is 11.8 Å². The molecule has 0 unspecified atom stereocenters. The Morgan fingerprint density at radius 2 is 1.83 bits per heavy atom. The third-order valence-corrected chi connectivity index (χ3v) is 3.96. The maximum Gasteiger partial charge on any atom is 0.408 e. The molecule has 0 aromatic carbocycles. The molecule has 3 amide bonds. The van der Waals surface area contributed by atoms with Gasteiger partial charge in [0.15, 0.2) is 0 Å². The first-order valence-electron chi connectivity index (χ1n) is 8.41. The van der Waals surface area contributed by atoms with Crippen LogP contribution in [0, 0.1) is 0 Å². The first kappa shape index (κ1) is 18.5. The first-order chi connectivity index (χ1) is 11.3. The van der Waals surface area contributed by atoms with Crippen molar-refractivity contribution in [2.45, 2.75) is 45.3 Å². The second-order valence-corrected chi connectivity index (χ2v) is 7.04. The van der Waals surface area contributed by atoms with Crippen LogP contribution in [0.25, 0.3) is 0 Å². The number of hydrogen-bond donors (Lipinski definition) is 1. The molecule has 1 atom stereocenters. The van der Waals surface area contributed by atoms with E-state index in [0.29, 0.717) is 39.3 Å². The minimum absolute atomic E-state index is 0.0265. The van der Waals surface area contributed by atoms with Gasteiger partial charge in [-0.3, -0.25) is 9.59 Å². The lowest BCUT2D eigenvalue weighted by atomic mass is 10.2. The Kier molecular flexibility index (Phi) is 6.04. The molecule has 8 heteroatoms. The first-order valence-corrected chi connectivity index (χ1v) is 8.41. The van der Waals surface area contributed by atoms with Crippen LogP contribution in [0.2, 0.25) is 0 Å². The van der Waals surface area contributed by atoms with Gasteiger partial charge in [0, 0.05) is 19.6 Å². The standard InChI is InChI=1S/C16H27N3O5/c1-16(2,3)24-15(22)17-11-13(20)19-6-4-5-12(19)14(21)18-7-9-23-10-8-18/h12H,4-11H2,1-3H3,(H,17,22)/t12-/m0/s1. The fraction of sp³-hybridized carbons (Fsp3) is 0.812. The van der Waals surface area contributed by atoms with Gasteiger partial charge < -0.3 is 24.6 Å². The molecule has 2 fully saturated rings. The summed E-state index contributed by atoms with van der Waals surface area (Å²) in [5.41, 5.74) is -0.615. The van der Waals surface area contributed by atoms with Gasteiger partial charge in [0.05, 0.1) is 13.2 Å². The third-order valence-electron chi connectivity index (χ3n) is 3.96. The molecule has 136 valence electrons. The van der Waals surface area contributed by atoms with Crippen molar-refractivity contribution in [3.63, 3.8) is 0 Å². The predicted molar refractivity (Wildman–Crippen MR) is 86.4 cm³/mol. The Hall–Kier alpha value is -1.83. The summed E-state index contributed by atoms with van der Waals surface area (Å²) in [4.78, 5) is 39.9. The molecule has 8 nitrogen and oxygen atoms in total. The summed E-state index contributed by atoms with van der Waals surface area (Å²) in [6.45, 7) is 7.83. The van der Waals surface area contributed by atoms with Gasteiger partial charge >= 0.3 is 6.09 Å². The van der Waals surface area contributed by atoms with E-state index >= 15 is 0 Å². The van der Waals surface area contributed by atoms with Gasteiger partial charge in [-0.05, 0) is 33.6 Å². The number of hydrogen-bond acceptors (Lipinski definition) is 5. The maximum atomic E-state index is 12.6. The van der Waals surface area contributed by atoms with Crippen molar-refractivity contribution in [2.24, 2.45) is 0 Å². The molecule has 2 aliphatic heterocycles. The quantitative estimate of drug-likeness (QED) is 0.801. The monoisotopic (exact) mass is 341 g/mol. The molecular formula is C16H27N3O5. The summed E-state index contributed by atoms with van der Waals surface area (Å²) in [6.07, 6.45) is 0.818. The molecule has 2 rings (SSSR count). The van der Waals surface area contributed by atoms with Crippen molar-refractivity contribution in [3.8, 4) is 0 Å². The van der Waals surface area contributed by atoms with Crippen LogP contribution in [0.5, 0.6) is 0 Å². The van der Waals surface area contributed by atoms with Crippen molar-refractivity contribution in [3.05, 3.63) is 0 Å². The van der Waals surface area contributed by atoms with E-state index in [9.17, 15) is 14.4 Å². The average Bonchev–Trinajstić information content (AvgIpc) is 3.00. The second kappa shape index (κ2) is 7.83. The number of ether oxygens (including phenoxy) is 2. The van der Waals surface area contributed by atoms with Crippen LogP contribution in [0.1, 0.15) is 33.6 Å². The van der Waals surface area contributed by atoms with Gasteiger partial charge in [0.1, 0.15) is 18.2 Å². The second-order valence-electron chi connectivity index (χ2n) is 7.04. The Labute approximate surface area is 142 Å². The molecule has 0 spiro atoms. The Morgan fingerprint density at radius 1 is 1.17 bits per heavy atom. The van der Waals surface area contributed by atoms with Gasteiger partial charge in [-0.1, -0.05) is 0 Å². The fourth-order valence-corrected chi connectivity index (χ4v) is 2.88. The van der Waals surface area contributed by atoms with Gasteiger partial charge in [-0.2, -0.15) is 0 Å². The van der Waals surface area contributed by atoms with Crippen LogP contribution in [0.15, 0.2) is 0 Å². The van der Waals surface area contributed by atoms with E-state index in [1.54, 1.807) is 30.6 Å². The molecular weight excluding hydrogens is 314 g/mol. The summed E-state index contributed by atoms with van der Waals surface area (Å²) in [5, 5.41) is 2.46. The molecule has 0 saturated carbocycles. The molecule has 2 aliphatic rings. The predicted octanol–water partition coefficient (Wildman–Crippen LogP) is 0.361. The maximum absolute atomic E-state index is 12.6. The van der Waals surface area contributed by atoms with Crippen LogP contribution in [0.4, 0.5) is 4.79 Å². The minimum atomic E-state index is -0.633. The molecule has 0 aliphatic carbocycles. The molecule has 0 aromatic heterocycles. The SMILES string of the molecule is CC(C)(C)OC(=O)NCC(=O)N1CCC[C@H]1C(=O)N1CCOCC1. The normalized spacial score (nSPS) is 21.5. The summed E-state index contributed by atoms with van der Waals surface area (Å²) >= 11 is 0. The molecule has 24 heavy (non-hydrogen) atoms. The lowest BCUT2D eigenvalue weighted by molar-refractivity contribution is -0.146. The zero-order valence-corrected chi connectivity index (χ0v) is 14.7. The van der Waals surface area contributed by atoms with Crippen LogP contribution in [-0.2, 0) is 19.1 Å². The highest BCUT2D eigenvalue weighted by molar-refractivity contribution is 5.90. The Morgan fingerprint density at radius 3 is 2.46 bits per heavy atom. The zero-order valence-electron chi connectivity index (χ0n) is 14.7. The van der Waals surface area contributed by atoms with E-state index in [4.69, 9.17) is 9.47 Å². The van der Waals surface area contributed by atoms with Crippen molar-refractivity contribution in [2.75, 3.05) is 39.4 Å². The zero-order chi connectivity index (χ0) is 17.7. The number of rotatable bonds is 3. The fourth-order valence-electron chi connectivity index (χ4n) is 2.88. The third kappa shape index (κ3) is 5.09. The summed E-state index contributed by atoms with van der Waals surface area (Å²) in [6, 6.07) is -0.434. The minimum Gasteiger partial charge on any atom is -0.444 e. The van der Waals surface area contributed by atoms with Crippen LogP contribution in [-0.4, -0.2) is 78.7 Å². The summed E-state index contributed by atoms with van der Waals surface area (Å²) in [7, 11) is 0. The van der Waals surface area contributed by atoms with E-state index in [1.807, 2.05) is 0 Å². The van der Waals surface area contributed by atoms with Crippen LogP contribution < -0.4 is 5.32 Å². The molecule has 0 aromatic rings. The van der Waals surface area contributed by atoms with Crippen molar-refractivity contribution < 1.29 is 23.9 Å². The molecule has 2 saturated heterocycles. The van der Waals surface area contributed by atoms with Gasteiger partial charge in [-0.15, -0.1) is 0 Å². The van der Waals surface area contributed by atoms with Gasteiger partial charge in [-0.25, -0.2) is 4.79 Å². The highest BCUT2D eigenvalue weighted by Crippen LogP contribution is 2.20. The lowest BCUT2D eigenvalue weighted by Crippen LogP contribution is -2.52. The van der Waals surface area contributed by atoms with Crippen molar-refractivity contribution >= 4 is 17.9 Å². The number of carbonyl (C=O) groups excluding carboxylic acids is 3. The number of carbonyl (C=O) groups is 3. The number of morpholine rings is 1. The topological polar surface area (TPSA) is 88.2 Å². The Balaban J connectivity index is 1.86. The van der Waals surface area contributed by atoms with E-state index in [0.717, 1.165) is 6.42 Å². The molecule has 2 heterocycles. The number of amides is 3. The van der Waals surface area contributed by atoms with E-state index < -0.39 is 17.7 Å². The van der Waals surface area contributed by atoms with E-state index in [2.05, 4.69) is 5.32 Å². The van der Waals surface area contributed by atoms with E-state index in [1.165, 1.54) is 0 Å². The average molecular weight is 341 g/mol. The summed E-state index contributed by atoms with van der Waals surface area (Å²) in [5.74, 6) is -0.286. The van der Waals surface area contributed by atoms with Crippen LogP contribution >= 0.6 is 0 Å². The Bertz CT molecular complexity index is 483. The summed E-state index contributed by atoms with van der Waals surface area (Å²) < 4.78 is 10.4. The number of nitrogens with one attached hydrogen (secondary N) is 1. The van der Waals surface area contributed by atoms with E-state index in [-0.39, 0.29) is 18.4 Å². The highest BCUT2D eigenvalue weighted by atomic mass is 16.6. The lowest BCUT2D eigenvalue weighted by Gasteiger charge is -2.32. The van der Waals surface area contributed by atoms with Crippen LogP contribution in [0.3, 0.4) is 0 Å². The smallest absolute Gasteiger partial charge is 0.408 e. The van der Waals surface area contributed by atoms with Crippen molar-refractivity contribution in [1.82, 2.24) is 15.1 Å². The number of nitrogens with zero attached hydrogens (tertiary/aromatic N) is 2. The van der Waals surface area contributed by atoms with Crippen molar-refractivity contribution in [1.29, 1.82) is 0 Å². The molecule has 0 radical (unpaired) electrons. The number of alkyl carbamates (subject to hydrolysis) is 1.